The molecule has 5 heteroatoms. The van der Waals surface area contributed by atoms with Crippen LogP contribution in [0, 0.1) is 0 Å². The molecule has 1 aromatic rings. The monoisotopic (exact) mass is 141 g/mol. The molecule has 5 nitrogen and oxygen atoms in total. The molecular formula is C5H7N3O2. The fourth-order valence-corrected chi connectivity index (χ4v) is 0.562. The molecule has 0 saturated carbocycles. The lowest BCUT2D eigenvalue weighted by Gasteiger charge is -1.93. The topological polar surface area (TPSA) is 68.0 Å². The van der Waals surface area contributed by atoms with Crippen molar-refractivity contribution in [2.45, 2.75) is 13.0 Å². The molecule has 0 saturated heterocycles. The van der Waals surface area contributed by atoms with E-state index in [1.54, 1.807) is 6.20 Å². The fraction of sp³-hybridized carbons (Fsp3) is 0.400. The van der Waals surface area contributed by atoms with Crippen LogP contribution in [-0.4, -0.2) is 26.1 Å². The van der Waals surface area contributed by atoms with Crippen molar-refractivity contribution in [3.8, 4) is 0 Å². The average Bonchev–Trinajstić information content (AvgIpc) is 2.34. The molecule has 0 radical (unpaired) electrons. The number of aliphatic carboxylic acids is 1. The minimum Gasteiger partial charge on any atom is -0.481 e. The number of hydrogen-bond donors (Lipinski definition) is 1. The van der Waals surface area contributed by atoms with Crippen LogP contribution in [0.2, 0.25) is 0 Å². The lowest BCUT2D eigenvalue weighted by atomic mass is 10.4. The Bertz CT molecular complexity index is 207. The molecule has 0 fully saturated rings. The largest absolute Gasteiger partial charge is 0.481 e. The first kappa shape index (κ1) is 6.73. The Hall–Kier alpha value is -1.39. The van der Waals surface area contributed by atoms with E-state index >= 15 is 0 Å². The fourth-order valence-electron chi connectivity index (χ4n) is 0.562. The van der Waals surface area contributed by atoms with Gasteiger partial charge in [0.15, 0.2) is 0 Å². The van der Waals surface area contributed by atoms with Gasteiger partial charge in [0.1, 0.15) is 0 Å². The van der Waals surface area contributed by atoms with Gasteiger partial charge in [0.05, 0.1) is 19.2 Å². The van der Waals surface area contributed by atoms with Crippen molar-refractivity contribution in [3.05, 3.63) is 12.4 Å². The molecule has 0 spiro atoms. The van der Waals surface area contributed by atoms with Crippen LogP contribution in [0.3, 0.4) is 0 Å². The van der Waals surface area contributed by atoms with Gasteiger partial charge in [0.2, 0.25) is 0 Å². The van der Waals surface area contributed by atoms with Crippen LogP contribution in [0.15, 0.2) is 12.4 Å². The predicted molar refractivity (Wildman–Crippen MR) is 32.3 cm³/mol. The highest BCUT2D eigenvalue weighted by Crippen LogP contribution is 1.85. The van der Waals surface area contributed by atoms with Crippen molar-refractivity contribution in [2.75, 3.05) is 0 Å². The smallest absolute Gasteiger partial charge is 0.305 e. The second-order valence-electron chi connectivity index (χ2n) is 1.81. The average molecular weight is 141 g/mol. The van der Waals surface area contributed by atoms with Crippen LogP contribution in [0.25, 0.3) is 0 Å². The van der Waals surface area contributed by atoms with E-state index in [9.17, 15) is 4.79 Å². The Morgan fingerprint density at radius 1 is 1.70 bits per heavy atom. The molecule has 0 aromatic carbocycles. The van der Waals surface area contributed by atoms with Crippen LogP contribution >= 0.6 is 0 Å². The molecule has 0 bridgehead atoms. The third kappa shape index (κ3) is 1.85. The minimum absolute atomic E-state index is 0.0867. The van der Waals surface area contributed by atoms with Crippen molar-refractivity contribution in [1.29, 1.82) is 0 Å². The van der Waals surface area contributed by atoms with Gasteiger partial charge in [0, 0.05) is 6.20 Å². The van der Waals surface area contributed by atoms with Crippen molar-refractivity contribution >= 4 is 5.97 Å². The first-order valence-electron chi connectivity index (χ1n) is 2.85. The predicted octanol–water partition coefficient (Wildman–Crippen LogP) is -0.247. The number of aryl methyl sites for hydroxylation is 1. The van der Waals surface area contributed by atoms with E-state index in [-0.39, 0.29) is 6.42 Å². The zero-order chi connectivity index (χ0) is 7.40. The summed E-state index contributed by atoms with van der Waals surface area (Å²) >= 11 is 0. The summed E-state index contributed by atoms with van der Waals surface area (Å²) in [5, 5.41) is 15.4. The van der Waals surface area contributed by atoms with Crippen molar-refractivity contribution < 1.29 is 9.90 Å². The summed E-state index contributed by atoms with van der Waals surface area (Å²) in [7, 11) is 0. The highest BCUT2D eigenvalue weighted by Gasteiger charge is 1.96. The summed E-state index contributed by atoms with van der Waals surface area (Å²) < 4.78 is 1.48. The SMILES string of the molecule is O=C(O)CCn1ccnn1. The number of carboxylic acid groups (broad SMARTS) is 1. The van der Waals surface area contributed by atoms with Crippen LogP contribution in [0.4, 0.5) is 0 Å². The third-order valence-corrected chi connectivity index (χ3v) is 1.03. The van der Waals surface area contributed by atoms with Crippen LogP contribution in [0.1, 0.15) is 6.42 Å². The summed E-state index contributed by atoms with van der Waals surface area (Å²) in [6.45, 7) is 0.384. The van der Waals surface area contributed by atoms with Gasteiger partial charge in [-0.1, -0.05) is 5.21 Å². The highest BCUT2D eigenvalue weighted by atomic mass is 16.4. The zero-order valence-electron chi connectivity index (χ0n) is 5.27. The normalized spacial score (nSPS) is 9.60. The Labute approximate surface area is 57.3 Å². The molecule has 0 aliphatic carbocycles. The molecule has 1 N–H and O–H groups in total. The van der Waals surface area contributed by atoms with E-state index in [1.165, 1.54) is 10.9 Å². The van der Waals surface area contributed by atoms with Crippen LogP contribution in [-0.2, 0) is 11.3 Å². The number of rotatable bonds is 3. The Morgan fingerprint density at radius 2 is 2.50 bits per heavy atom. The Kier molecular flexibility index (Phi) is 1.99. The van der Waals surface area contributed by atoms with E-state index in [4.69, 9.17) is 5.11 Å². The van der Waals surface area contributed by atoms with Crippen LogP contribution in [0.5, 0.6) is 0 Å². The summed E-state index contributed by atoms with van der Waals surface area (Å²) in [4.78, 5) is 10.0. The van der Waals surface area contributed by atoms with E-state index < -0.39 is 5.97 Å². The van der Waals surface area contributed by atoms with Gasteiger partial charge in [-0.05, 0) is 0 Å². The van der Waals surface area contributed by atoms with E-state index in [0.717, 1.165) is 0 Å². The van der Waals surface area contributed by atoms with Gasteiger partial charge in [-0.2, -0.15) is 0 Å². The van der Waals surface area contributed by atoms with Gasteiger partial charge >= 0.3 is 5.97 Å². The summed E-state index contributed by atoms with van der Waals surface area (Å²) in [5.41, 5.74) is 0. The summed E-state index contributed by atoms with van der Waals surface area (Å²) in [5.74, 6) is -0.824. The first-order chi connectivity index (χ1) is 4.79. The number of aromatic nitrogens is 3. The van der Waals surface area contributed by atoms with Crippen molar-refractivity contribution in [1.82, 2.24) is 15.0 Å². The molecule has 0 amide bonds. The second kappa shape index (κ2) is 2.95. The van der Waals surface area contributed by atoms with Crippen molar-refractivity contribution in [3.63, 3.8) is 0 Å². The van der Waals surface area contributed by atoms with Gasteiger partial charge in [-0.15, -0.1) is 5.10 Å². The molecule has 54 valence electrons. The minimum atomic E-state index is -0.824. The molecule has 0 aliphatic heterocycles. The number of carboxylic acids is 1. The summed E-state index contributed by atoms with van der Waals surface area (Å²) in [6, 6.07) is 0. The molecule has 0 unspecified atom stereocenters. The lowest BCUT2D eigenvalue weighted by molar-refractivity contribution is -0.137. The Morgan fingerprint density at radius 3 is 3.00 bits per heavy atom. The Balaban J connectivity index is 2.35. The van der Waals surface area contributed by atoms with Gasteiger partial charge in [0.25, 0.3) is 0 Å². The van der Waals surface area contributed by atoms with Gasteiger partial charge in [-0.3, -0.25) is 9.48 Å². The molecule has 1 aromatic heterocycles. The maximum absolute atomic E-state index is 10.0. The van der Waals surface area contributed by atoms with E-state index in [1.807, 2.05) is 0 Å². The second-order valence-corrected chi connectivity index (χ2v) is 1.81. The molecule has 10 heavy (non-hydrogen) atoms. The molecule has 0 aliphatic rings. The molecule has 0 atom stereocenters. The zero-order valence-corrected chi connectivity index (χ0v) is 5.27. The summed E-state index contributed by atoms with van der Waals surface area (Å²) in [6.07, 6.45) is 3.23. The quantitative estimate of drug-likeness (QED) is 0.630. The number of nitrogens with zero attached hydrogens (tertiary/aromatic N) is 3. The maximum atomic E-state index is 10.0. The van der Waals surface area contributed by atoms with Gasteiger partial charge < -0.3 is 5.11 Å². The first-order valence-corrected chi connectivity index (χ1v) is 2.85. The third-order valence-electron chi connectivity index (χ3n) is 1.03. The number of hydrogen-bond acceptors (Lipinski definition) is 3. The molecule has 1 rings (SSSR count). The standard InChI is InChI=1S/C5H7N3O2/c9-5(10)1-3-8-4-2-6-7-8/h2,4H,1,3H2,(H,9,10). The van der Waals surface area contributed by atoms with Crippen LogP contribution < -0.4 is 0 Å². The van der Waals surface area contributed by atoms with E-state index in [2.05, 4.69) is 10.3 Å². The molecular weight excluding hydrogens is 134 g/mol. The van der Waals surface area contributed by atoms with Crippen molar-refractivity contribution in [2.24, 2.45) is 0 Å². The van der Waals surface area contributed by atoms with E-state index in [0.29, 0.717) is 6.54 Å². The highest BCUT2D eigenvalue weighted by molar-refractivity contribution is 5.66. The van der Waals surface area contributed by atoms with Gasteiger partial charge in [-0.25, -0.2) is 0 Å². The maximum Gasteiger partial charge on any atom is 0.305 e. The molecule has 1 heterocycles. The number of carbonyl (C=O) groups is 1. The lowest BCUT2D eigenvalue weighted by Crippen LogP contribution is -2.04.